The van der Waals surface area contributed by atoms with Gasteiger partial charge in [0.25, 0.3) is 5.91 Å². The van der Waals surface area contributed by atoms with Crippen molar-refractivity contribution in [1.29, 1.82) is 0 Å². The summed E-state index contributed by atoms with van der Waals surface area (Å²) in [6, 6.07) is 9.88. The molecule has 0 unspecified atom stereocenters. The first-order valence-electron chi connectivity index (χ1n) is 7.76. The van der Waals surface area contributed by atoms with Crippen LogP contribution >= 0.6 is 0 Å². The third-order valence-electron chi connectivity index (χ3n) is 3.96. The smallest absolute Gasteiger partial charge is 0.416 e. The molecule has 0 fully saturated rings. The van der Waals surface area contributed by atoms with Gasteiger partial charge in [0, 0.05) is 11.3 Å². The molecule has 0 saturated heterocycles. The van der Waals surface area contributed by atoms with Crippen molar-refractivity contribution in [2.75, 3.05) is 5.32 Å². The minimum atomic E-state index is -4.41. The van der Waals surface area contributed by atoms with E-state index in [0.717, 1.165) is 23.3 Å². The lowest BCUT2D eigenvalue weighted by Crippen LogP contribution is -2.12. The molecule has 1 N–H and O–H groups in total. The molecule has 4 nitrogen and oxygen atoms in total. The second-order valence-electron chi connectivity index (χ2n) is 5.87. The maximum atomic E-state index is 12.6. The van der Waals surface area contributed by atoms with Crippen LogP contribution in [0.15, 0.2) is 53.1 Å². The number of hydrogen-bond acceptors (Lipinski definition) is 3. The Balaban J connectivity index is 1.76. The molecule has 0 saturated carbocycles. The second-order valence-corrected chi connectivity index (χ2v) is 5.87. The number of nitrogens with one attached hydrogen (secondary N) is 1. The predicted octanol–water partition coefficient (Wildman–Crippen LogP) is 5.23. The molecule has 0 aliphatic rings. The quantitative estimate of drug-likeness (QED) is 0.696. The van der Waals surface area contributed by atoms with E-state index in [-0.39, 0.29) is 11.6 Å². The van der Waals surface area contributed by atoms with Gasteiger partial charge in [-0.1, -0.05) is 6.07 Å². The van der Waals surface area contributed by atoms with Crippen molar-refractivity contribution >= 4 is 11.6 Å². The first-order chi connectivity index (χ1) is 12.2. The molecule has 0 bridgehead atoms. The normalized spacial score (nSPS) is 11.4. The lowest BCUT2D eigenvalue weighted by atomic mass is 10.1. The topological polar surface area (TPSA) is 55.1 Å². The number of hydrogen-bond donors (Lipinski definition) is 1. The van der Waals surface area contributed by atoms with Crippen LogP contribution in [0.3, 0.4) is 0 Å². The Kier molecular flexibility index (Phi) is 4.54. The number of amides is 1. The minimum absolute atomic E-state index is 0.0399. The van der Waals surface area contributed by atoms with Crippen molar-refractivity contribution in [2.45, 2.75) is 20.0 Å². The van der Waals surface area contributed by atoms with E-state index < -0.39 is 17.6 Å². The lowest BCUT2D eigenvalue weighted by Gasteiger charge is -2.06. The molecule has 26 heavy (non-hydrogen) atoms. The summed E-state index contributed by atoms with van der Waals surface area (Å²) in [4.78, 5) is 16.3. The second kappa shape index (κ2) is 6.67. The predicted molar refractivity (Wildman–Crippen MR) is 90.8 cm³/mol. The number of oxazole rings is 1. The zero-order valence-electron chi connectivity index (χ0n) is 14.0. The Morgan fingerprint density at radius 2 is 1.73 bits per heavy atom. The third kappa shape index (κ3) is 3.77. The summed E-state index contributed by atoms with van der Waals surface area (Å²) in [5.41, 5.74) is 2.39. The van der Waals surface area contributed by atoms with Crippen LogP contribution in [-0.4, -0.2) is 10.9 Å². The molecule has 7 heteroatoms. The summed E-state index contributed by atoms with van der Waals surface area (Å²) in [6.45, 7) is 3.90. The number of aromatic nitrogens is 1. The van der Waals surface area contributed by atoms with Crippen LogP contribution in [0.5, 0.6) is 0 Å². The van der Waals surface area contributed by atoms with E-state index in [1.54, 1.807) is 6.07 Å². The lowest BCUT2D eigenvalue weighted by molar-refractivity contribution is -0.137. The molecule has 1 heterocycles. The fourth-order valence-corrected chi connectivity index (χ4v) is 2.33. The van der Waals surface area contributed by atoms with Crippen LogP contribution in [0.2, 0.25) is 0 Å². The summed E-state index contributed by atoms with van der Waals surface area (Å²) in [5, 5.41) is 2.71. The molecule has 3 aromatic rings. The van der Waals surface area contributed by atoms with E-state index >= 15 is 0 Å². The highest BCUT2D eigenvalue weighted by atomic mass is 19.4. The maximum absolute atomic E-state index is 12.6. The van der Waals surface area contributed by atoms with Gasteiger partial charge < -0.3 is 9.73 Å². The van der Waals surface area contributed by atoms with Crippen molar-refractivity contribution in [2.24, 2.45) is 0 Å². The molecule has 0 aliphatic carbocycles. The van der Waals surface area contributed by atoms with Crippen molar-refractivity contribution in [3.8, 4) is 11.5 Å². The Labute approximate surface area is 147 Å². The molecule has 1 aromatic heterocycles. The summed E-state index contributed by atoms with van der Waals surface area (Å²) in [6.07, 6.45) is -3.24. The highest BCUT2D eigenvalue weighted by Gasteiger charge is 2.30. The molecule has 0 atom stereocenters. The SMILES string of the molecule is Cc1ccc(NC(=O)c2coc(-c3ccc(C(F)(F)F)cc3)n2)cc1C. The fourth-order valence-electron chi connectivity index (χ4n) is 2.33. The molecule has 0 spiro atoms. The Morgan fingerprint density at radius 3 is 2.35 bits per heavy atom. The molecule has 134 valence electrons. The molecule has 0 radical (unpaired) electrons. The molecule has 3 rings (SSSR count). The van der Waals surface area contributed by atoms with Crippen molar-refractivity contribution in [3.05, 3.63) is 71.1 Å². The highest BCUT2D eigenvalue weighted by molar-refractivity contribution is 6.02. The van der Waals surface area contributed by atoms with Crippen LogP contribution in [0.25, 0.3) is 11.5 Å². The van der Waals surface area contributed by atoms with Gasteiger partial charge in [-0.2, -0.15) is 13.2 Å². The van der Waals surface area contributed by atoms with E-state index in [1.807, 2.05) is 26.0 Å². The van der Waals surface area contributed by atoms with E-state index in [9.17, 15) is 18.0 Å². The Bertz CT molecular complexity index is 944. The molecule has 0 aliphatic heterocycles. The van der Waals surface area contributed by atoms with Crippen LogP contribution in [-0.2, 0) is 6.18 Å². The number of benzene rings is 2. The van der Waals surface area contributed by atoms with E-state index in [1.165, 1.54) is 18.4 Å². The number of nitrogens with zero attached hydrogens (tertiary/aromatic N) is 1. The van der Waals surface area contributed by atoms with Gasteiger partial charge in [-0.05, 0) is 61.4 Å². The number of alkyl halides is 3. The number of halogens is 3. The van der Waals surface area contributed by atoms with Gasteiger partial charge in [0.05, 0.1) is 5.56 Å². The number of rotatable bonds is 3. The molecular formula is C19H15F3N2O2. The van der Waals surface area contributed by atoms with Gasteiger partial charge in [-0.25, -0.2) is 4.98 Å². The standard InChI is InChI=1S/C19H15F3N2O2/c1-11-3-8-15(9-12(11)2)23-17(25)16-10-26-18(24-16)13-4-6-14(7-5-13)19(20,21)22/h3-10H,1-2H3,(H,23,25). The summed E-state index contributed by atoms with van der Waals surface area (Å²) >= 11 is 0. The third-order valence-corrected chi connectivity index (χ3v) is 3.96. The van der Waals surface area contributed by atoms with Gasteiger partial charge in [0.2, 0.25) is 5.89 Å². The Morgan fingerprint density at radius 1 is 1.04 bits per heavy atom. The highest BCUT2D eigenvalue weighted by Crippen LogP contribution is 2.30. The average molecular weight is 360 g/mol. The zero-order chi connectivity index (χ0) is 18.9. The summed E-state index contributed by atoms with van der Waals surface area (Å²) in [7, 11) is 0. The number of carbonyl (C=O) groups is 1. The summed E-state index contributed by atoms with van der Waals surface area (Å²) < 4.78 is 43.0. The van der Waals surface area contributed by atoms with E-state index in [0.29, 0.717) is 11.3 Å². The van der Waals surface area contributed by atoms with Gasteiger partial charge in [-0.15, -0.1) is 0 Å². The molecule has 1 amide bonds. The van der Waals surface area contributed by atoms with Crippen LogP contribution in [0.1, 0.15) is 27.2 Å². The van der Waals surface area contributed by atoms with Crippen molar-refractivity contribution in [1.82, 2.24) is 4.98 Å². The first-order valence-corrected chi connectivity index (χ1v) is 7.76. The minimum Gasteiger partial charge on any atom is -0.444 e. The van der Waals surface area contributed by atoms with Crippen LogP contribution in [0, 0.1) is 13.8 Å². The van der Waals surface area contributed by atoms with Crippen molar-refractivity contribution < 1.29 is 22.4 Å². The van der Waals surface area contributed by atoms with E-state index in [2.05, 4.69) is 10.3 Å². The fraction of sp³-hybridized carbons (Fsp3) is 0.158. The maximum Gasteiger partial charge on any atom is 0.416 e. The van der Waals surface area contributed by atoms with Gasteiger partial charge in [-0.3, -0.25) is 4.79 Å². The monoisotopic (exact) mass is 360 g/mol. The first kappa shape index (κ1) is 17.7. The van der Waals surface area contributed by atoms with Crippen LogP contribution < -0.4 is 5.32 Å². The summed E-state index contributed by atoms with van der Waals surface area (Å²) in [5.74, 6) is -0.390. The molecular weight excluding hydrogens is 345 g/mol. The largest absolute Gasteiger partial charge is 0.444 e. The van der Waals surface area contributed by atoms with Crippen molar-refractivity contribution in [3.63, 3.8) is 0 Å². The van der Waals surface area contributed by atoms with E-state index in [4.69, 9.17) is 4.42 Å². The van der Waals surface area contributed by atoms with Gasteiger partial charge in [0.1, 0.15) is 6.26 Å². The van der Waals surface area contributed by atoms with Gasteiger partial charge in [0.15, 0.2) is 5.69 Å². The zero-order valence-corrected chi connectivity index (χ0v) is 14.0. The Hall–Kier alpha value is -3.09. The number of anilines is 1. The number of carbonyl (C=O) groups excluding carboxylic acids is 1. The van der Waals surface area contributed by atoms with Crippen LogP contribution in [0.4, 0.5) is 18.9 Å². The average Bonchev–Trinajstić information content (AvgIpc) is 3.08. The number of aryl methyl sites for hydroxylation is 2. The van der Waals surface area contributed by atoms with Gasteiger partial charge >= 0.3 is 6.18 Å². The molecule has 2 aromatic carbocycles.